The van der Waals surface area contributed by atoms with Gasteiger partial charge < -0.3 is 8.92 Å². The number of nitrogens with one attached hydrogen (secondary N) is 1. The van der Waals surface area contributed by atoms with Crippen LogP contribution in [0.4, 0.5) is 0 Å². The van der Waals surface area contributed by atoms with E-state index in [4.69, 9.17) is 20.5 Å². The van der Waals surface area contributed by atoms with Crippen LogP contribution in [0.15, 0.2) is 53.7 Å². The quantitative estimate of drug-likeness (QED) is 0.492. The summed E-state index contributed by atoms with van der Waals surface area (Å²) in [4.78, 5) is 3.91. The molecule has 4 aromatic rings. The second-order valence-electron chi connectivity index (χ2n) is 5.64. The molecule has 2 aromatic carbocycles. The Labute approximate surface area is 164 Å². The lowest BCUT2D eigenvalue weighted by Crippen LogP contribution is -2.11. The van der Waals surface area contributed by atoms with Gasteiger partial charge in [-0.3, -0.25) is 4.98 Å². The van der Waals surface area contributed by atoms with E-state index in [0.29, 0.717) is 10.9 Å². The van der Waals surface area contributed by atoms with E-state index in [-0.39, 0.29) is 27.2 Å². The summed E-state index contributed by atoms with van der Waals surface area (Å²) in [6, 6.07) is 9.08. The van der Waals surface area contributed by atoms with Crippen LogP contribution in [-0.4, -0.2) is 41.1 Å². The molecule has 2 heterocycles. The normalized spacial score (nSPS) is 11.5. The monoisotopic (exact) mass is 417 g/mol. The number of hydrogen-bond donors (Lipinski definition) is 1. The maximum atomic E-state index is 12.8. The molecule has 28 heavy (non-hydrogen) atoms. The third kappa shape index (κ3) is 3.35. The highest BCUT2D eigenvalue weighted by Gasteiger charge is 2.22. The molecule has 0 aliphatic carbocycles. The molecular formula is C17H12ClN5O4S. The van der Waals surface area contributed by atoms with Gasteiger partial charge in [0.1, 0.15) is 4.90 Å². The zero-order valence-corrected chi connectivity index (χ0v) is 15.9. The van der Waals surface area contributed by atoms with Crippen LogP contribution in [-0.2, 0) is 10.1 Å². The van der Waals surface area contributed by atoms with Crippen molar-refractivity contribution in [2.75, 3.05) is 7.11 Å². The number of nitrogens with zero attached hydrogens (tertiary/aromatic N) is 4. The van der Waals surface area contributed by atoms with Crippen molar-refractivity contribution in [2.45, 2.75) is 4.90 Å². The molecule has 0 aliphatic rings. The second kappa shape index (κ2) is 7.06. The summed E-state index contributed by atoms with van der Waals surface area (Å²) in [5.74, 6) is 0.477. The van der Waals surface area contributed by atoms with Crippen LogP contribution in [0.3, 0.4) is 0 Å². The lowest BCUT2D eigenvalue weighted by molar-refractivity contribution is 0.391. The van der Waals surface area contributed by atoms with Crippen LogP contribution in [0.25, 0.3) is 22.2 Å². The zero-order chi connectivity index (χ0) is 19.7. The van der Waals surface area contributed by atoms with Gasteiger partial charge in [0, 0.05) is 23.3 Å². The lowest BCUT2D eigenvalue weighted by Gasteiger charge is -2.12. The van der Waals surface area contributed by atoms with E-state index >= 15 is 0 Å². The molecule has 0 aliphatic heterocycles. The van der Waals surface area contributed by atoms with E-state index in [1.807, 2.05) is 0 Å². The van der Waals surface area contributed by atoms with E-state index in [9.17, 15) is 8.42 Å². The summed E-state index contributed by atoms with van der Waals surface area (Å²) >= 11 is 6.13. The SMILES string of the molecule is COc1cc2ccncc2cc1OS(=O)(=O)c1ccc(Cl)c(-c2nn[nH]n2)c1. The number of aromatic nitrogens is 5. The number of halogens is 1. The highest BCUT2D eigenvalue weighted by Crippen LogP contribution is 2.35. The molecule has 2 aromatic heterocycles. The van der Waals surface area contributed by atoms with Gasteiger partial charge in [-0.25, -0.2) is 0 Å². The molecule has 0 unspecified atom stereocenters. The van der Waals surface area contributed by atoms with Crippen molar-refractivity contribution in [3.05, 3.63) is 53.8 Å². The molecule has 0 fully saturated rings. The van der Waals surface area contributed by atoms with E-state index < -0.39 is 10.1 Å². The molecule has 4 rings (SSSR count). The molecular weight excluding hydrogens is 406 g/mol. The largest absolute Gasteiger partial charge is 0.493 e. The Morgan fingerprint density at radius 1 is 1.07 bits per heavy atom. The molecule has 9 nitrogen and oxygen atoms in total. The Morgan fingerprint density at radius 2 is 1.89 bits per heavy atom. The van der Waals surface area contributed by atoms with Crippen LogP contribution in [0.1, 0.15) is 0 Å². The molecule has 0 atom stereocenters. The summed E-state index contributed by atoms with van der Waals surface area (Å²) in [5.41, 5.74) is 0.301. The van der Waals surface area contributed by atoms with Gasteiger partial charge in [-0.15, -0.1) is 10.2 Å². The van der Waals surface area contributed by atoms with Crippen molar-refractivity contribution in [1.82, 2.24) is 25.6 Å². The summed E-state index contributed by atoms with van der Waals surface area (Å²) < 4.78 is 36.3. The first-order chi connectivity index (χ1) is 13.5. The molecule has 142 valence electrons. The number of hydrogen-bond acceptors (Lipinski definition) is 8. The topological polar surface area (TPSA) is 120 Å². The Hall–Kier alpha value is -3.24. The first kappa shape index (κ1) is 18.1. The predicted molar refractivity (Wildman–Crippen MR) is 101 cm³/mol. The van der Waals surface area contributed by atoms with Crippen LogP contribution in [0, 0.1) is 0 Å². The average molecular weight is 418 g/mol. The molecule has 11 heteroatoms. The highest BCUT2D eigenvalue weighted by molar-refractivity contribution is 7.87. The van der Waals surface area contributed by atoms with Gasteiger partial charge in [-0.1, -0.05) is 11.6 Å². The third-order valence-electron chi connectivity index (χ3n) is 3.94. The van der Waals surface area contributed by atoms with E-state index in [0.717, 1.165) is 5.39 Å². The Morgan fingerprint density at radius 3 is 2.64 bits per heavy atom. The Bertz CT molecular complexity index is 1260. The summed E-state index contributed by atoms with van der Waals surface area (Å²) in [6.07, 6.45) is 3.23. The fraction of sp³-hybridized carbons (Fsp3) is 0.0588. The smallest absolute Gasteiger partial charge is 0.339 e. The van der Waals surface area contributed by atoms with Crippen LogP contribution >= 0.6 is 11.6 Å². The minimum atomic E-state index is -4.19. The molecule has 0 saturated heterocycles. The number of methoxy groups -OCH3 is 1. The standard InChI is InChI=1S/C17H12ClN5O4S/c1-26-15-6-10-4-5-19-9-11(10)7-16(15)27-28(24,25)12-2-3-14(18)13(8-12)17-20-22-23-21-17/h2-9H,1H3,(H,20,21,22,23). The van der Waals surface area contributed by atoms with Gasteiger partial charge >= 0.3 is 10.1 Å². The highest BCUT2D eigenvalue weighted by atomic mass is 35.5. The fourth-order valence-electron chi connectivity index (χ4n) is 2.59. The van der Waals surface area contributed by atoms with Gasteiger partial charge in [0.05, 0.1) is 12.1 Å². The molecule has 0 amide bonds. The van der Waals surface area contributed by atoms with Crippen LogP contribution in [0.5, 0.6) is 11.5 Å². The zero-order valence-electron chi connectivity index (χ0n) is 14.3. The van der Waals surface area contributed by atoms with E-state index in [2.05, 4.69) is 25.6 Å². The molecule has 0 bridgehead atoms. The van der Waals surface area contributed by atoms with Crippen molar-refractivity contribution in [2.24, 2.45) is 0 Å². The van der Waals surface area contributed by atoms with E-state index in [1.54, 1.807) is 30.6 Å². The first-order valence-electron chi connectivity index (χ1n) is 7.87. The summed E-state index contributed by atoms with van der Waals surface area (Å²) in [5, 5.41) is 15.2. The predicted octanol–water partition coefficient (Wildman–Crippen LogP) is 2.84. The molecule has 0 spiro atoms. The van der Waals surface area contributed by atoms with Crippen molar-refractivity contribution in [1.29, 1.82) is 0 Å². The maximum Gasteiger partial charge on any atom is 0.339 e. The number of pyridine rings is 1. The number of aromatic amines is 1. The Kier molecular flexibility index (Phi) is 4.57. The maximum absolute atomic E-state index is 12.8. The Balaban J connectivity index is 1.76. The lowest BCUT2D eigenvalue weighted by atomic mass is 10.1. The average Bonchev–Trinajstić information content (AvgIpc) is 3.22. The number of fused-ring (bicyclic) bond motifs is 1. The minimum Gasteiger partial charge on any atom is -0.493 e. The number of benzene rings is 2. The number of ether oxygens (including phenoxy) is 1. The van der Waals surface area contributed by atoms with Crippen molar-refractivity contribution in [3.63, 3.8) is 0 Å². The van der Waals surface area contributed by atoms with Gasteiger partial charge in [-0.2, -0.15) is 13.6 Å². The first-order valence-corrected chi connectivity index (χ1v) is 9.66. The molecule has 1 N–H and O–H groups in total. The minimum absolute atomic E-state index is 0.0408. The third-order valence-corrected chi connectivity index (χ3v) is 5.50. The number of H-pyrrole nitrogens is 1. The molecule has 0 saturated carbocycles. The molecule has 0 radical (unpaired) electrons. The van der Waals surface area contributed by atoms with Crippen molar-refractivity contribution >= 4 is 32.5 Å². The number of rotatable bonds is 5. The number of tetrazole rings is 1. The van der Waals surface area contributed by atoms with Gasteiger partial charge in [0.2, 0.25) is 5.82 Å². The van der Waals surface area contributed by atoms with Crippen LogP contribution in [0.2, 0.25) is 5.02 Å². The van der Waals surface area contributed by atoms with Gasteiger partial charge in [0.15, 0.2) is 11.5 Å². The van der Waals surface area contributed by atoms with Gasteiger partial charge in [-0.05, 0) is 47.0 Å². The van der Waals surface area contributed by atoms with Crippen molar-refractivity contribution < 1.29 is 17.3 Å². The van der Waals surface area contributed by atoms with Gasteiger partial charge in [0.25, 0.3) is 0 Å². The summed E-state index contributed by atoms with van der Waals surface area (Å²) in [7, 11) is -2.76. The van der Waals surface area contributed by atoms with E-state index in [1.165, 1.54) is 25.3 Å². The fourth-order valence-corrected chi connectivity index (χ4v) is 3.75. The second-order valence-corrected chi connectivity index (χ2v) is 7.59. The van der Waals surface area contributed by atoms with Crippen molar-refractivity contribution in [3.8, 4) is 22.9 Å². The summed E-state index contributed by atoms with van der Waals surface area (Å²) in [6.45, 7) is 0. The van der Waals surface area contributed by atoms with Crippen LogP contribution < -0.4 is 8.92 Å².